The number of benzene rings is 1. The van der Waals surface area contributed by atoms with Crippen LogP contribution in [0.15, 0.2) is 18.2 Å². The lowest BCUT2D eigenvalue weighted by Gasteiger charge is -2.10. The van der Waals surface area contributed by atoms with Crippen LogP contribution in [-0.2, 0) is 4.74 Å². The standard InChI is InChI=1S/C11H12FNO4/c1-3-17-8-6-4-5-7(12)9(8)10(14)13-11(15)16-2/h4-6H,3H2,1-2H3,(H,13,14,15). The molecule has 0 radical (unpaired) electrons. The summed E-state index contributed by atoms with van der Waals surface area (Å²) in [5.74, 6) is -1.59. The van der Waals surface area contributed by atoms with Crippen molar-refractivity contribution in [1.29, 1.82) is 0 Å². The molecule has 6 heteroatoms. The van der Waals surface area contributed by atoms with E-state index in [2.05, 4.69) is 4.74 Å². The molecule has 0 aliphatic carbocycles. The van der Waals surface area contributed by atoms with Gasteiger partial charge in [0.05, 0.1) is 13.7 Å². The minimum absolute atomic E-state index is 0.0777. The number of ether oxygens (including phenoxy) is 2. The molecule has 1 aromatic carbocycles. The molecule has 0 bridgehead atoms. The number of alkyl carbamates (subject to hydrolysis) is 1. The van der Waals surface area contributed by atoms with Gasteiger partial charge < -0.3 is 9.47 Å². The van der Waals surface area contributed by atoms with E-state index in [-0.39, 0.29) is 17.9 Å². The first-order valence-corrected chi connectivity index (χ1v) is 4.90. The maximum atomic E-state index is 13.5. The predicted molar refractivity (Wildman–Crippen MR) is 57.4 cm³/mol. The molecular weight excluding hydrogens is 229 g/mol. The molecule has 0 aliphatic heterocycles. The Hall–Kier alpha value is -2.11. The van der Waals surface area contributed by atoms with E-state index in [0.29, 0.717) is 0 Å². The summed E-state index contributed by atoms with van der Waals surface area (Å²) in [5, 5.41) is 1.87. The molecule has 0 saturated heterocycles. The highest BCUT2D eigenvalue weighted by Gasteiger charge is 2.19. The Balaban J connectivity index is 3.02. The second kappa shape index (κ2) is 5.83. The fourth-order valence-electron chi connectivity index (χ4n) is 1.21. The lowest BCUT2D eigenvalue weighted by molar-refractivity contribution is 0.0929. The molecule has 0 aliphatic rings. The van der Waals surface area contributed by atoms with Gasteiger partial charge in [-0.25, -0.2) is 9.18 Å². The smallest absolute Gasteiger partial charge is 0.413 e. The summed E-state index contributed by atoms with van der Waals surface area (Å²) in [6, 6.07) is 3.96. The summed E-state index contributed by atoms with van der Waals surface area (Å²) in [6.45, 7) is 1.98. The maximum absolute atomic E-state index is 13.5. The fraction of sp³-hybridized carbons (Fsp3) is 0.273. The Morgan fingerprint density at radius 2 is 2.12 bits per heavy atom. The molecule has 2 amide bonds. The van der Waals surface area contributed by atoms with E-state index in [1.807, 2.05) is 5.32 Å². The van der Waals surface area contributed by atoms with Crippen molar-refractivity contribution in [2.75, 3.05) is 13.7 Å². The summed E-state index contributed by atoms with van der Waals surface area (Å²) >= 11 is 0. The number of halogens is 1. The van der Waals surface area contributed by atoms with Gasteiger partial charge in [-0.2, -0.15) is 0 Å². The van der Waals surface area contributed by atoms with Crippen molar-refractivity contribution in [1.82, 2.24) is 5.32 Å². The molecule has 0 aromatic heterocycles. The highest BCUT2D eigenvalue weighted by atomic mass is 19.1. The second-order valence-corrected chi connectivity index (χ2v) is 2.99. The van der Waals surface area contributed by atoms with Gasteiger partial charge in [0.1, 0.15) is 17.1 Å². The highest BCUT2D eigenvalue weighted by molar-refractivity contribution is 6.04. The molecule has 0 unspecified atom stereocenters. The monoisotopic (exact) mass is 241 g/mol. The normalized spacial score (nSPS) is 9.59. The zero-order valence-electron chi connectivity index (χ0n) is 9.45. The number of rotatable bonds is 3. The molecule has 0 atom stereocenters. The van der Waals surface area contributed by atoms with Crippen LogP contribution in [0.4, 0.5) is 9.18 Å². The van der Waals surface area contributed by atoms with E-state index in [1.54, 1.807) is 6.92 Å². The van der Waals surface area contributed by atoms with Crippen molar-refractivity contribution >= 4 is 12.0 Å². The third kappa shape index (κ3) is 3.17. The van der Waals surface area contributed by atoms with Crippen LogP contribution in [0.25, 0.3) is 0 Å². The quantitative estimate of drug-likeness (QED) is 0.875. The molecule has 1 aromatic rings. The molecule has 0 fully saturated rings. The van der Waals surface area contributed by atoms with E-state index in [9.17, 15) is 14.0 Å². The summed E-state index contributed by atoms with van der Waals surface area (Å²) in [4.78, 5) is 22.5. The van der Waals surface area contributed by atoms with Crippen molar-refractivity contribution in [3.8, 4) is 5.75 Å². The summed E-state index contributed by atoms with van der Waals surface area (Å²) in [5.41, 5.74) is -0.320. The molecule has 17 heavy (non-hydrogen) atoms. The molecule has 0 saturated carbocycles. The van der Waals surface area contributed by atoms with Gasteiger partial charge in [-0.3, -0.25) is 10.1 Å². The number of carbonyl (C=O) groups is 2. The van der Waals surface area contributed by atoms with Crippen LogP contribution >= 0.6 is 0 Å². The molecular formula is C11H12FNO4. The summed E-state index contributed by atoms with van der Waals surface area (Å²) < 4.78 is 22.8. The van der Waals surface area contributed by atoms with Crippen molar-refractivity contribution in [2.45, 2.75) is 6.92 Å². The number of amides is 2. The Morgan fingerprint density at radius 1 is 1.41 bits per heavy atom. The van der Waals surface area contributed by atoms with Gasteiger partial charge in [0.25, 0.3) is 5.91 Å². The molecule has 92 valence electrons. The lowest BCUT2D eigenvalue weighted by atomic mass is 10.1. The van der Waals surface area contributed by atoms with Gasteiger partial charge in [-0.05, 0) is 19.1 Å². The van der Waals surface area contributed by atoms with Gasteiger partial charge in [0.2, 0.25) is 0 Å². The minimum atomic E-state index is -0.958. The van der Waals surface area contributed by atoms with Crippen LogP contribution in [0.2, 0.25) is 0 Å². The van der Waals surface area contributed by atoms with E-state index in [0.717, 1.165) is 13.2 Å². The Bertz CT molecular complexity index is 433. The fourth-order valence-corrected chi connectivity index (χ4v) is 1.21. The topological polar surface area (TPSA) is 64.6 Å². The first kappa shape index (κ1) is 13.0. The number of methoxy groups -OCH3 is 1. The van der Waals surface area contributed by atoms with Gasteiger partial charge in [-0.15, -0.1) is 0 Å². The second-order valence-electron chi connectivity index (χ2n) is 2.99. The predicted octanol–water partition coefficient (Wildman–Crippen LogP) is 1.72. The summed E-state index contributed by atoms with van der Waals surface area (Å²) in [7, 11) is 1.10. The van der Waals surface area contributed by atoms with Crippen molar-refractivity contribution < 1.29 is 23.5 Å². The van der Waals surface area contributed by atoms with Gasteiger partial charge >= 0.3 is 6.09 Å². The molecule has 1 rings (SSSR count). The van der Waals surface area contributed by atoms with Gasteiger partial charge in [0.15, 0.2) is 0 Å². The first-order chi connectivity index (χ1) is 8.10. The maximum Gasteiger partial charge on any atom is 0.413 e. The lowest BCUT2D eigenvalue weighted by Crippen LogP contribution is -2.31. The zero-order valence-corrected chi connectivity index (χ0v) is 9.45. The van der Waals surface area contributed by atoms with E-state index >= 15 is 0 Å². The largest absolute Gasteiger partial charge is 0.493 e. The summed E-state index contributed by atoms with van der Waals surface area (Å²) in [6.07, 6.45) is -0.958. The average Bonchev–Trinajstić information content (AvgIpc) is 2.29. The van der Waals surface area contributed by atoms with Gasteiger partial charge in [0, 0.05) is 0 Å². The highest BCUT2D eigenvalue weighted by Crippen LogP contribution is 2.21. The van der Waals surface area contributed by atoms with Crippen molar-refractivity contribution in [2.24, 2.45) is 0 Å². The van der Waals surface area contributed by atoms with Crippen LogP contribution in [0.1, 0.15) is 17.3 Å². The van der Waals surface area contributed by atoms with Crippen LogP contribution < -0.4 is 10.1 Å². The molecule has 0 spiro atoms. The average molecular weight is 241 g/mol. The number of nitrogens with one attached hydrogen (secondary N) is 1. The van der Waals surface area contributed by atoms with E-state index in [4.69, 9.17) is 4.74 Å². The van der Waals surface area contributed by atoms with Crippen LogP contribution in [0.3, 0.4) is 0 Å². The van der Waals surface area contributed by atoms with Crippen molar-refractivity contribution in [3.63, 3.8) is 0 Å². The van der Waals surface area contributed by atoms with Crippen LogP contribution in [0.5, 0.6) is 5.75 Å². The molecule has 1 N–H and O–H groups in total. The number of hydrogen-bond acceptors (Lipinski definition) is 4. The third-order valence-corrected chi connectivity index (χ3v) is 1.90. The SMILES string of the molecule is CCOc1cccc(F)c1C(=O)NC(=O)OC. The third-order valence-electron chi connectivity index (χ3n) is 1.90. The molecule has 5 nitrogen and oxygen atoms in total. The minimum Gasteiger partial charge on any atom is -0.493 e. The Labute approximate surface area is 97.5 Å². The number of hydrogen-bond donors (Lipinski definition) is 1. The Morgan fingerprint density at radius 3 is 2.71 bits per heavy atom. The first-order valence-electron chi connectivity index (χ1n) is 4.90. The van der Waals surface area contributed by atoms with E-state index < -0.39 is 17.8 Å². The van der Waals surface area contributed by atoms with Gasteiger partial charge in [-0.1, -0.05) is 6.07 Å². The van der Waals surface area contributed by atoms with Crippen LogP contribution in [-0.4, -0.2) is 25.7 Å². The molecule has 0 heterocycles. The number of imide groups is 1. The number of carbonyl (C=O) groups excluding carboxylic acids is 2. The van der Waals surface area contributed by atoms with Crippen LogP contribution in [0, 0.1) is 5.82 Å². The van der Waals surface area contributed by atoms with E-state index in [1.165, 1.54) is 12.1 Å². The Kier molecular flexibility index (Phi) is 4.45. The van der Waals surface area contributed by atoms with Crippen molar-refractivity contribution in [3.05, 3.63) is 29.6 Å². The zero-order chi connectivity index (χ0) is 12.8.